The molecule has 9 rings (SSSR count). The Morgan fingerprint density at radius 1 is 0.548 bits per heavy atom. The Bertz CT molecular complexity index is 3410. The number of rotatable bonds is 6. The maximum absolute atomic E-state index is 14.9. The van der Waals surface area contributed by atoms with E-state index < -0.39 is 19.9 Å². The van der Waals surface area contributed by atoms with E-state index in [1.807, 2.05) is 166 Å². The third-order valence-corrected chi connectivity index (χ3v) is 14.9. The van der Waals surface area contributed by atoms with Crippen molar-refractivity contribution in [3.05, 3.63) is 213 Å². The normalized spacial score (nSPS) is 12.2. The molecule has 7 aromatic carbocycles. The number of hydrogen-bond acceptors (Lipinski definition) is 4. The number of aromatic nitrogens is 1. The molecule has 1 aliphatic rings. The molecule has 0 bridgehead atoms. The van der Waals surface area contributed by atoms with Crippen LogP contribution < -0.4 is 4.31 Å². The van der Waals surface area contributed by atoms with Gasteiger partial charge in [0.25, 0.3) is 10.0 Å². The Morgan fingerprint density at radius 3 is 1.76 bits per heavy atom. The van der Waals surface area contributed by atoms with Crippen LogP contribution in [0.4, 0.5) is 5.69 Å². The van der Waals surface area contributed by atoms with Gasteiger partial charge in [0, 0.05) is 33.2 Å². The van der Waals surface area contributed by atoms with Crippen molar-refractivity contribution in [2.45, 2.75) is 55.5 Å². The number of sulfone groups is 1. The van der Waals surface area contributed by atoms with Gasteiger partial charge in [-0.2, -0.15) is 0 Å². The van der Waals surface area contributed by atoms with Crippen LogP contribution in [-0.2, 0) is 33.0 Å². The molecule has 0 aliphatic carbocycles. The van der Waals surface area contributed by atoms with Crippen LogP contribution in [0.2, 0.25) is 0 Å². The van der Waals surface area contributed by atoms with Gasteiger partial charge in [0.05, 0.1) is 34.1 Å². The summed E-state index contributed by atoms with van der Waals surface area (Å²) in [7, 11) is -8.03. The largest absolute Gasteiger partial charge is 0.328 e. The Morgan fingerprint density at radius 2 is 1.11 bits per heavy atom. The Balaban J connectivity index is 1.30. The number of nitrogens with zero attached hydrogens (tertiary/aromatic N) is 2. The predicted octanol–water partition coefficient (Wildman–Crippen LogP) is 10.9. The number of hydrogen-bond donors (Lipinski definition) is 0. The van der Waals surface area contributed by atoms with Crippen molar-refractivity contribution < 1.29 is 16.8 Å². The van der Waals surface area contributed by atoms with E-state index in [0.29, 0.717) is 22.3 Å². The Hall–Kier alpha value is -7.10. The minimum absolute atomic E-state index is 0.0976. The van der Waals surface area contributed by atoms with Crippen LogP contribution in [0.5, 0.6) is 0 Å². The minimum atomic E-state index is -4.08. The van der Waals surface area contributed by atoms with Crippen LogP contribution in [0.25, 0.3) is 22.0 Å². The lowest BCUT2D eigenvalue weighted by Gasteiger charge is -2.33. The summed E-state index contributed by atoms with van der Waals surface area (Å²) in [5.41, 5.74) is 11.0. The Kier molecular flexibility index (Phi) is 10.4. The fraction of sp³-hybridized carbons (Fsp3) is 0.111. The fourth-order valence-electron chi connectivity index (χ4n) is 8.08. The molecule has 2 heterocycles. The molecule has 0 saturated heterocycles. The van der Waals surface area contributed by atoms with E-state index in [-0.39, 0.29) is 27.8 Å². The monoisotopic (exact) mass is 846 g/mol. The van der Waals surface area contributed by atoms with E-state index in [2.05, 4.69) is 23.7 Å². The number of anilines is 1. The van der Waals surface area contributed by atoms with Gasteiger partial charge in [-0.25, -0.2) is 16.8 Å². The lowest BCUT2D eigenvalue weighted by Crippen LogP contribution is -2.33. The first kappa shape index (κ1) is 40.3. The van der Waals surface area contributed by atoms with Crippen molar-refractivity contribution in [2.75, 3.05) is 4.31 Å². The van der Waals surface area contributed by atoms with Gasteiger partial charge in [-0.15, -0.1) is 0 Å². The molecule has 0 amide bonds. The zero-order valence-corrected chi connectivity index (χ0v) is 36.4. The van der Waals surface area contributed by atoms with Gasteiger partial charge in [0.2, 0.25) is 9.84 Å². The Labute approximate surface area is 364 Å². The molecule has 0 unspecified atom stereocenters. The molecular weight excluding hydrogens is 805 g/mol. The highest BCUT2D eigenvalue weighted by molar-refractivity contribution is 7.93. The van der Waals surface area contributed by atoms with Crippen molar-refractivity contribution in [1.82, 2.24) is 4.57 Å². The lowest BCUT2D eigenvalue weighted by molar-refractivity contribution is 0.589. The van der Waals surface area contributed by atoms with Crippen LogP contribution in [0.3, 0.4) is 0 Å². The van der Waals surface area contributed by atoms with Crippen molar-refractivity contribution in [3.8, 4) is 34.8 Å². The third-order valence-electron chi connectivity index (χ3n) is 11.3. The molecule has 304 valence electrons. The van der Waals surface area contributed by atoms with E-state index in [9.17, 15) is 16.8 Å². The highest BCUT2D eigenvalue weighted by Crippen LogP contribution is 2.45. The van der Waals surface area contributed by atoms with E-state index >= 15 is 0 Å². The van der Waals surface area contributed by atoms with Gasteiger partial charge in [-0.1, -0.05) is 125 Å². The van der Waals surface area contributed by atoms with Crippen LogP contribution in [0.1, 0.15) is 55.8 Å². The molecule has 8 aromatic rings. The van der Waals surface area contributed by atoms with Gasteiger partial charge in [-0.05, 0) is 118 Å². The van der Waals surface area contributed by atoms with Crippen LogP contribution in [0.15, 0.2) is 172 Å². The number of sulfonamides is 1. The summed E-state index contributed by atoms with van der Waals surface area (Å²) >= 11 is 0. The van der Waals surface area contributed by atoms with Gasteiger partial charge < -0.3 is 4.57 Å². The molecule has 0 N–H and O–H groups in total. The first-order chi connectivity index (χ1) is 29.9. The summed E-state index contributed by atoms with van der Waals surface area (Å²) in [4.78, 5) is 0.553. The maximum atomic E-state index is 14.9. The molecule has 0 spiro atoms. The van der Waals surface area contributed by atoms with Crippen LogP contribution in [0, 0.1) is 51.4 Å². The highest BCUT2D eigenvalue weighted by Gasteiger charge is 2.34. The average molecular weight is 847 g/mol. The van der Waals surface area contributed by atoms with E-state index in [1.54, 1.807) is 24.3 Å². The zero-order valence-electron chi connectivity index (χ0n) is 34.8. The average Bonchev–Trinajstić information content (AvgIpc) is 3.58. The van der Waals surface area contributed by atoms with E-state index in [4.69, 9.17) is 0 Å². The second-order valence-corrected chi connectivity index (χ2v) is 19.6. The minimum Gasteiger partial charge on any atom is -0.328 e. The zero-order chi connectivity index (χ0) is 43.2. The quantitative estimate of drug-likeness (QED) is 0.156. The number of benzene rings is 7. The van der Waals surface area contributed by atoms with Crippen LogP contribution >= 0.6 is 0 Å². The van der Waals surface area contributed by atoms with Crippen molar-refractivity contribution in [3.63, 3.8) is 0 Å². The molecule has 0 radical (unpaired) electrons. The van der Waals surface area contributed by atoms with Gasteiger partial charge >= 0.3 is 0 Å². The standard InChI is InChI=1S/C54H42N2O4S2/c1-37-15-25-45(26-16-37)61(57,58)54-49-34-40(4)19-30-50(49)55(52(54)32-22-42-13-9-6-10-14-42)35-43-23-24-44-36-56(62(59,60)46-27-17-38(2)18-28-46)51-31-20-39(3)33-48(51)53(44)47(43)29-21-41-11-7-5-8-12-41/h5-20,23-28,30-31,33-34H,35-36H2,1-4H3. The summed E-state index contributed by atoms with van der Waals surface area (Å²) in [6, 6.07) is 48.8. The van der Waals surface area contributed by atoms with Gasteiger partial charge in [0.1, 0.15) is 10.6 Å². The summed E-state index contributed by atoms with van der Waals surface area (Å²) in [6.07, 6.45) is 0. The van der Waals surface area contributed by atoms with Crippen molar-refractivity contribution in [2.24, 2.45) is 0 Å². The highest BCUT2D eigenvalue weighted by atomic mass is 32.2. The second kappa shape index (κ2) is 16.1. The first-order valence-corrected chi connectivity index (χ1v) is 23.2. The molecule has 6 nitrogen and oxygen atoms in total. The first-order valence-electron chi connectivity index (χ1n) is 20.3. The number of aryl methyl sites for hydroxylation is 4. The van der Waals surface area contributed by atoms with E-state index in [0.717, 1.165) is 61.2 Å². The molecule has 1 aromatic heterocycles. The van der Waals surface area contributed by atoms with E-state index in [1.165, 1.54) is 4.31 Å². The maximum Gasteiger partial charge on any atom is 0.264 e. The molecule has 1 aliphatic heterocycles. The topological polar surface area (TPSA) is 76.5 Å². The summed E-state index contributed by atoms with van der Waals surface area (Å²) in [5, 5.41) is 0.579. The molecule has 0 atom stereocenters. The molecule has 62 heavy (non-hydrogen) atoms. The second-order valence-electron chi connectivity index (χ2n) is 15.8. The summed E-state index contributed by atoms with van der Waals surface area (Å²) in [6.45, 7) is 8.13. The molecular formula is C54H42N2O4S2. The fourth-order valence-corrected chi connectivity index (χ4v) is 11.1. The van der Waals surface area contributed by atoms with Crippen molar-refractivity contribution >= 4 is 36.5 Å². The van der Waals surface area contributed by atoms with Crippen molar-refractivity contribution in [1.29, 1.82) is 0 Å². The summed E-state index contributed by atoms with van der Waals surface area (Å²) < 4.78 is 62.2. The van der Waals surface area contributed by atoms with Crippen LogP contribution in [-0.4, -0.2) is 21.4 Å². The SMILES string of the molecule is Cc1ccc(S(=O)(=O)c2c(C#Cc3ccccc3)n(Cc3ccc4c(c3C#Cc3ccccc3)-c3cc(C)ccc3N(S(=O)(=O)c3ccc(C)cc3)C4)c3ccc(C)cc23)cc1. The van der Waals surface area contributed by atoms with Gasteiger partial charge in [-0.3, -0.25) is 4.31 Å². The summed E-state index contributed by atoms with van der Waals surface area (Å²) in [5.74, 6) is 13.6. The molecule has 0 saturated carbocycles. The number of fused-ring (bicyclic) bond motifs is 4. The molecule has 8 heteroatoms. The third kappa shape index (κ3) is 7.49. The van der Waals surface area contributed by atoms with Gasteiger partial charge in [0.15, 0.2) is 0 Å². The lowest BCUT2D eigenvalue weighted by atomic mass is 9.87. The predicted molar refractivity (Wildman–Crippen MR) is 248 cm³/mol. The molecule has 0 fully saturated rings. The smallest absolute Gasteiger partial charge is 0.264 e.